The van der Waals surface area contributed by atoms with E-state index in [1.54, 1.807) is 12.3 Å². The Balaban J connectivity index is 1.61. The number of anilines is 1. The summed E-state index contributed by atoms with van der Waals surface area (Å²) in [5.74, 6) is -0.516. The molecule has 0 saturated carbocycles. The van der Waals surface area contributed by atoms with Crippen LogP contribution in [0.5, 0.6) is 0 Å². The molecule has 2 aliphatic heterocycles. The van der Waals surface area contributed by atoms with Gasteiger partial charge >= 0.3 is 5.97 Å². The first-order valence-corrected chi connectivity index (χ1v) is 9.32. The molecule has 2 aliphatic rings. The minimum atomic E-state index is -0.366. The summed E-state index contributed by atoms with van der Waals surface area (Å²) in [5, 5.41) is 2.74. The third-order valence-electron chi connectivity index (χ3n) is 3.81. The van der Waals surface area contributed by atoms with E-state index in [2.05, 4.69) is 15.2 Å². The zero-order valence-corrected chi connectivity index (χ0v) is 14.7. The Bertz CT molecular complexity index is 693. The summed E-state index contributed by atoms with van der Waals surface area (Å²) >= 11 is 2.36. The first-order valence-electron chi connectivity index (χ1n) is 7.69. The molecular formula is C15H17N3O4S2. The van der Waals surface area contributed by atoms with Gasteiger partial charge in [0.25, 0.3) is 11.1 Å². The zero-order chi connectivity index (χ0) is 17.1. The highest BCUT2D eigenvalue weighted by Crippen LogP contribution is 2.31. The lowest BCUT2D eigenvalue weighted by Gasteiger charge is -2.30. The van der Waals surface area contributed by atoms with Crippen LogP contribution in [0.4, 0.5) is 9.93 Å². The van der Waals surface area contributed by atoms with Crippen LogP contribution in [0.2, 0.25) is 0 Å². The number of carbonyl (C=O) groups excluding carboxylic acids is 3. The first kappa shape index (κ1) is 17.0. The van der Waals surface area contributed by atoms with Crippen molar-refractivity contribution >= 4 is 51.4 Å². The van der Waals surface area contributed by atoms with Crippen LogP contribution >= 0.6 is 23.1 Å². The van der Waals surface area contributed by atoms with Crippen LogP contribution in [-0.4, -0.2) is 41.8 Å². The number of thiazole rings is 1. The molecule has 2 amide bonds. The van der Waals surface area contributed by atoms with Crippen molar-refractivity contribution in [3.05, 3.63) is 16.0 Å². The predicted octanol–water partition coefficient (Wildman–Crippen LogP) is 2.25. The van der Waals surface area contributed by atoms with Crippen LogP contribution in [0, 0.1) is 5.92 Å². The molecule has 1 aromatic heterocycles. The van der Waals surface area contributed by atoms with Crippen molar-refractivity contribution in [3.63, 3.8) is 0 Å². The van der Waals surface area contributed by atoms with Gasteiger partial charge in [-0.1, -0.05) is 11.3 Å². The van der Waals surface area contributed by atoms with Gasteiger partial charge in [0, 0.05) is 19.3 Å². The predicted molar refractivity (Wildman–Crippen MR) is 92.8 cm³/mol. The van der Waals surface area contributed by atoms with Gasteiger partial charge in [-0.3, -0.25) is 19.7 Å². The number of ether oxygens (including phenoxy) is 1. The van der Waals surface area contributed by atoms with E-state index in [1.807, 2.05) is 6.92 Å². The Labute approximate surface area is 147 Å². The average molecular weight is 367 g/mol. The third-order valence-corrected chi connectivity index (χ3v) is 5.63. The molecule has 7 nitrogen and oxygen atoms in total. The Morgan fingerprint density at radius 2 is 2.21 bits per heavy atom. The van der Waals surface area contributed by atoms with Gasteiger partial charge < -0.3 is 9.64 Å². The van der Waals surface area contributed by atoms with Crippen molar-refractivity contribution in [1.82, 2.24) is 10.3 Å². The molecule has 1 N–H and O–H groups in total. The van der Waals surface area contributed by atoms with Gasteiger partial charge in [0.05, 0.1) is 22.3 Å². The summed E-state index contributed by atoms with van der Waals surface area (Å²) in [7, 11) is 0. The smallest absolute Gasteiger partial charge is 0.309 e. The Kier molecular flexibility index (Phi) is 5.20. The SMILES string of the molecule is CCOC(=O)C1CCN(c2ncc(C=C3SC(=O)NC3=O)s2)CC1. The fourth-order valence-electron chi connectivity index (χ4n) is 2.61. The summed E-state index contributed by atoms with van der Waals surface area (Å²) < 4.78 is 5.07. The van der Waals surface area contributed by atoms with E-state index in [1.165, 1.54) is 11.3 Å². The molecule has 24 heavy (non-hydrogen) atoms. The number of imide groups is 1. The van der Waals surface area contributed by atoms with E-state index in [0.717, 1.165) is 47.7 Å². The molecule has 3 heterocycles. The maximum atomic E-state index is 11.8. The van der Waals surface area contributed by atoms with Crippen molar-refractivity contribution in [3.8, 4) is 0 Å². The van der Waals surface area contributed by atoms with Gasteiger partial charge in [-0.15, -0.1) is 0 Å². The fourth-order valence-corrected chi connectivity index (χ4v) is 4.26. The van der Waals surface area contributed by atoms with Crippen LogP contribution in [0.3, 0.4) is 0 Å². The molecule has 0 aromatic carbocycles. The largest absolute Gasteiger partial charge is 0.466 e. The Morgan fingerprint density at radius 1 is 1.46 bits per heavy atom. The quantitative estimate of drug-likeness (QED) is 0.645. The second-order valence-corrected chi connectivity index (χ2v) is 7.47. The minimum Gasteiger partial charge on any atom is -0.466 e. The number of amides is 2. The third kappa shape index (κ3) is 3.78. The van der Waals surface area contributed by atoms with Crippen molar-refractivity contribution in [2.75, 3.05) is 24.6 Å². The van der Waals surface area contributed by atoms with Crippen LogP contribution in [0.15, 0.2) is 11.1 Å². The molecule has 3 rings (SSSR count). The van der Waals surface area contributed by atoms with E-state index in [0.29, 0.717) is 11.5 Å². The second-order valence-electron chi connectivity index (χ2n) is 5.41. The molecule has 0 atom stereocenters. The molecule has 0 radical (unpaired) electrons. The number of hydrogen-bond donors (Lipinski definition) is 1. The standard InChI is InChI=1S/C15H17N3O4S2/c1-2-22-13(20)9-3-5-18(6-4-9)14-16-8-10(23-14)7-11-12(19)17-15(21)24-11/h7-9H,2-6H2,1H3,(H,17,19,21). The van der Waals surface area contributed by atoms with Crippen molar-refractivity contribution in [2.45, 2.75) is 19.8 Å². The number of piperidine rings is 1. The maximum Gasteiger partial charge on any atom is 0.309 e. The summed E-state index contributed by atoms with van der Waals surface area (Å²) in [6, 6.07) is 0. The molecule has 2 fully saturated rings. The Morgan fingerprint density at radius 3 is 2.83 bits per heavy atom. The Hall–Kier alpha value is -1.87. The number of esters is 1. The van der Waals surface area contributed by atoms with E-state index < -0.39 is 0 Å². The van der Waals surface area contributed by atoms with Crippen LogP contribution in [0.25, 0.3) is 6.08 Å². The van der Waals surface area contributed by atoms with Gasteiger partial charge in [-0.05, 0) is 37.6 Å². The molecule has 0 unspecified atom stereocenters. The summed E-state index contributed by atoms with van der Waals surface area (Å²) in [5.41, 5.74) is 0. The van der Waals surface area contributed by atoms with Crippen molar-refractivity contribution in [1.29, 1.82) is 0 Å². The van der Waals surface area contributed by atoms with Crippen LogP contribution < -0.4 is 10.2 Å². The van der Waals surface area contributed by atoms with Gasteiger partial charge in [-0.2, -0.15) is 0 Å². The fraction of sp³-hybridized carbons (Fsp3) is 0.467. The molecule has 128 valence electrons. The molecular weight excluding hydrogens is 350 g/mol. The van der Waals surface area contributed by atoms with E-state index in [9.17, 15) is 14.4 Å². The number of rotatable bonds is 4. The highest BCUT2D eigenvalue weighted by Gasteiger charge is 2.28. The van der Waals surface area contributed by atoms with E-state index >= 15 is 0 Å². The maximum absolute atomic E-state index is 11.8. The van der Waals surface area contributed by atoms with Crippen LogP contribution in [-0.2, 0) is 14.3 Å². The highest BCUT2D eigenvalue weighted by molar-refractivity contribution is 8.18. The topological polar surface area (TPSA) is 88.6 Å². The summed E-state index contributed by atoms with van der Waals surface area (Å²) in [6.07, 6.45) is 4.88. The monoisotopic (exact) mass is 367 g/mol. The molecule has 0 spiro atoms. The number of thioether (sulfide) groups is 1. The molecule has 1 aromatic rings. The van der Waals surface area contributed by atoms with Crippen molar-refractivity contribution < 1.29 is 19.1 Å². The van der Waals surface area contributed by atoms with E-state index in [-0.39, 0.29) is 23.0 Å². The average Bonchev–Trinajstić information content (AvgIpc) is 3.15. The number of aromatic nitrogens is 1. The number of nitrogens with zero attached hydrogens (tertiary/aromatic N) is 2. The zero-order valence-electron chi connectivity index (χ0n) is 13.1. The molecule has 2 saturated heterocycles. The van der Waals surface area contributed by atoms with Crippen LogP contribution in [0.1, 0.15) is 24.6 Å². The van der Waals surface area contributed by atoms with E-state index in [4.69, 9.17) is 4.74 Å². The lowest BCUT2D eigenvalue weighted by Crippen LogP contribution is -2.36. The van der Waals surface area contributed by atoms with Gasteiger partial charge in [-0.25, -0.2) is 4.98 Å². The lowest BCUT2D eigenvalue weighted by molar-refractivity contribution is -0.148. The van der Waals surface area contributed by atoms with Gasteiger partial charge in [0.15, 0.2) is 5.13 Å². The molecule has 9 heteroatoms. The minimum absolute atomic E-state index is 0.0349. The molecule has 0 bridgehead atoms. The normalized spacial score (nSPS) is 20.5. The number of hydrogen-bond acceptors (Lipinski definition) is 8. The first-order chi connectivity index (χ1) is 11.6. The molecule has 0 aliphatic carbocycles. The highest BCUT2D eigenvalue weighted by atomic mass is 32.2. The lowest BCUT2D eigenvalue weighted by atomic mass is 9.97. The van der Waals surface area contributed by atoms with Gasteiger partial charge in [0.2, 0.25) is 0 Å². The summed E-state index contributed by atoms with van der Waals surface area (Å²) in [4.78, 5) is 42.2. The van der Waals surface area contributed by atoms with Crippen molar-refractivity contribution in [2.24, 2.45) is 5.92 Å². The number of nitrogens with one attached hydrogen (secondary N) is 1. The summed E-state index contributed by atoms with van der Waals surface area (Å²) in [6.45, 7) is 3.73. The number of carbonyl (C=O) groups is 3. The second kappa shape index (κ2) is 7.35. The van der Waals surface area contributed by atoms with Gasteiger partial charge in [0.1, 0.15) is 0 Å².